The fourth-order valence-corrected chi connectivity index (χ4v) is 4.32. The molecule has 0 atom stereocenters. The largest absolute Gasteiger partial charge is 0.435 e. The van der Waals surface area contributed by atoms with Crippen LogP contribution in [0.25, 0.3) is 5.69 Å². The molecule has 36 heavy (non-hydrogen) atoms. The number of nitrogens with one attached hydrogen (secondary N) is 1. The summed E-state index contributed by atoms with van der Waals surface area (Å²) in [6.07, 6.45) is -2.48. The fourth-order valence-electron chi connectivity index (χ4n) is 4.32. The summed E-state index contributed by atoms with van der Waals surface area (Å²) in [5.41, 5.74) is -1.58. The second-order valence-electron chi connectivity index (χ2n) is 8.81. The van der Waals surface area contributed by atoms with Crippen LogP contribution in [-0.4, -0.2) is 51.2 Å². The third kappa shape index (κ3) is 5.76. The third-order valence-electron chi connectivity index (χ3n) is 6.36. The Morgan fingerprint density at radius 3 is 2.22 bits per heavy atom. The maximum atomic E-state index is 13.5. The van der Waals surface area contributed by atoms with E-state index in [2.05, 4.69) is 10.4 Å². The van der Waals surface area contributed by atoms with E-state index in [0.29, 0.717) is 31.6 Å². The molecule has 2 heterocycles. The second kappa shape index (κ2) is 10.5. The highest BCUT2D eigenvalue weighted by molar-refractivity contribution is 5.95. The molecule has 2 aromatic carbocycles. The van der Waals surface area contributed by atoms with Crippen LogP contribution >= 0.6 is 0 Å². The summed E-state index contributed by atoms with van der Waals surface area (Å²) in [5.74, 6) is -1.02. The van der Waals surface area contributed by atoms with E-state index in [4.69, 9.17) is 0 Å². The van der Waals surface area contributed by atoms with Crippen molar-refractivity contribution >= 4 is 11.8 Å². The van der Waals surface area contributed by atoms with Crippen molar-refractivity contribution in [2.24, 2.45) is 0 Å². The first-order valence-electron chi connectivity index (χ1n) is 11.7. The minimum absolute atomic E-state index is 0.0418. The molecule has 1 aliphatic rings. The van der Waals surface area contributed by atoms with Gasteiger partial charge in [-0.3, -0.25) is 9.59 Å². The highest BCUT2D eigenvalue weighted by Crippen LogP contribution is 2.33. The lowest BCUT2D eigenvalue weighted by atomic mass is 9.84. The van der Waals surface area contributed by atoms with Gasteiger partial charge in [0.05, 0.1) is 16.9 Å². The zero-order valence-electron chi connectivity index (χ0n) is 19.5. The van der Waals surface area contributed by atoms with Gasteiger partial charge in [0.1, 0.15) is 0 Å². The Morgan fingerprint density at radius 1 is 1.00 bits per heavy atom. The third-order valence-corrected chi connectivity index (χ3v) is 6.36. The molecule has 0 bridgehead atoms. The lowest BCUT2D eigenvalue weighted by molar-refractivity contribution is -0.141. The van der Waals surface area contributed by atoms with Crippen LogP contribution in [0.3, 0.4) is 0 Å². The van der Waals surface area contributed by atoms with Crippen LogP contribution in [0.2, 0.25) is 0 Å². The summed E-state index contributed by atoms with van der Waals surface area (Å²) in [4.78, 5) is 26.8. The Morgan fingerprint density at radius 2 is 1.61 bits per heavy atom. The summed E-state index contributed by atoms with van der Waals surface area (Å²) in [6, 6.07) is 17.6. The maximum Gasteiger partial charge on any atom is 0.435 e. The van der Waals surface area contributed by atoms with Crippen LogP contribution in [0.15, 0.2) is 66.9 Å². The number of hydrogen-bond donors (Lipinski definition) is 2. The topological polar surface area (TPSA) is 87.5 Å². The van der Waals surface area contributed by atoms with Crippen LogP contribution in [0.4, 0.5) is 13.2 Å². The summed E-state index contributed by atoms with van der Waals surface area (Å²) < 4.78 is 41.5. The Labute approximate surface area is 206 Å². The van der Waals surface area contributed by atoms with Crippen molar-refractivity contribution in [3.05, 3.63) is 83.7 Å². The van der Waals surface area contributed by atoms with E-state index in [1.165, 1.54) is 0 Å². The first-order valence-corrected chi connectivity index (χ1v) is 11.7. The van der Waals surface area contributed by atoms with E-state index in [9.17, 15) is 27.9 Å². The Hall–Kier alpha value is -3.66. The molecule has 0 aliphatic carbocycles. The number of halogens is 3. The van der Waals surface area contributed by atoms with Gasteiger partial charge >= 0.3 is 6.18 Å². The van der Waals surface area contributed by atoms with Crippen molar-refractivity contribution in [2.75, 3.05) is 19.6 Å². The van der Waals surface area contributed by atoms with Gasteiger partial charge in [0.15, 0.2) is 5.69 Å². The van der Waals surface area contributed by atoms with Crippen LogP contribution in [-0.2, 0) is 16.6 Å². The zero-order valence-corrected chi connectivity index (χ0v) is 19.5. The van der Waals surface area contributed by atoms with Crippen LogP contribution < -0.4 is 5.32 Å². The number of para-hydroxylation sites is 1. The number of carbonyl (C=O) groups is 2. The van der Waals surface area contributed by atoms with Gasteiger partial charge in [-0.05, 0) is 37.0 Å². The van der Waals surface area contributed by atoms with Gasteiger partial charge in [0.2, 0.25) is 5.91 Å². The summed E-state index contributed by atoms with van der Waals surface area (Å²) in [7, 11) is 0. The van der Waals surface area contributed by atoms with E-state index in [-0.39, 0.29) is 25.3 Å². The first kappa shape index (κ1) is 25.4. The lowest BCUT2D eigenvalue weighted by Gasteiger charge is -2.38. The standard InChI is InChI=1S/C26H27F3N4O3/c27-26(28,29)23-21(18-33(31-23)20-10-5-2-6-11-20)24(35)30-15-7-12-22(34)32-16-13-25(36,14-17-32)19-8-3-1-4-9-19/h1-6,8-11,18,36H,7,12-17H2,(H,30,35). The number of likely N-dealkylation sites (tertiary alicyclic amines) is 1. The monoisotopic (exact) mass is 500 g/mol. The lowest BCUT2D eigenvalue weighted by Crippen LogP contribution is -2.45. The minimum Gasteiger partial charge on any atom is -0.385 e. The van der Waals surface area contributed by atoms with Gasteiger partial charge in [0, 0.05) is 32.3 Å². The number of aliphatic hydroxyl groups is 1. The van der Waals surface area contributed by atoms with Crippen molar-refractivity contribution < 1.29 is 27.9 Å². The summed E-state index contributed by atoms with van der Waals surface area (Å²) in [6.45, 7) is 0.856. The van der Waals surface area contributed by atoms with Crippen molar-refractivity contribution in [1.82, 2.24) is 20.0 Å². The molecule has 0 radical (unpaired) electrons. The SMILES string of the molecule is O=C(NCCCC(=O)N1CCC(O)(c2ccccc2)CC1)c1cn(-c2ccccc2)nc1C(F)(F)F. The number of piperidine rings is 1. The molecular formula is C26H27F3N4O3. The second-order valence-corrected chi connectivity index (χ2v) is 8.81. The van der Waals surface area contributed by atoms with E-state index in [1.807, 2.05) is 30.3 Å². The Balaban J connectivity index is 1.28. The molecule has 2 amide bonds. The Kier molecular flexibility index (Phi) is 7.44. The van der Waals surface area contributed by atoms with Gasteiger partial charge in [-0.15, -0.1) is 0 Å². The molecule has 0 spiro atoms. The molecule has 1 aromatic heterocycles. The number of amides is 2. The first-order chi connectivity index (χ1) is 17.2. The summed E-state index contributed by atoms with van der Waals surface area (Å²) in [5, 5.41) is 16.9. The molecule has 0 unspecified atom stereocenters. The minimum atomic E-state index is -4.79. The number of nitrogens with zero attached hydrogens (tertiary/aromatic N) is 3. The van der Waals surface area contributed by atoms with Crippen LogP contribution in [0.5, 0.6) is 0 Å². The number of hydrogen-bond acceptors (Lipinski definition) is 4. The van der Waals surface area contributed by atoms with Crippen molar-refractivity contribution in [3.63, 3.8) is 0 Å². The highest BCUT2D eigenvalue weighted by atomic mass is 19.4. The van der Waals surface area contributed by atoms with E-state index in [1.54, 1.807) is 35.2 Å². The van der Waals surface area contributed by atoms with Gasteiger partial charge < -0.3 is 15.3 Å². The molecule has 190 valence electrons. The molecule has 0 saturated carbocycles. The van der Waals surface area contributed by atoms with E-state index in [0.717, 1.165) is 16.4 Å². The number of aromatic nitrogens is 2. The van der Waals surface area contributed by atoms with Crippen LogP contribution in [0.1, 0.15) is 47.3 Å². The molecule has 4 rings (SSSR count). The summed E-state index contributed by atoms with van der Waals surface area (Å²) >= 11 is 0. The van der Waals surface area contributed by atoms with Gasteiger partial charge in [-0.2, -0.15) is 18.3 Å². The van der Waals surface area contributed by atoms with Crippen LogP contribution in [0, 0.1) is 0 Å². The molecule has 2 N–H and O–H groups in total. The smallest absolute Gasteiger partial charge is 0.385 e. The fraction of sp³-hybridized carbons (Fsp3) is 0.346. The Bertz CT molecular complexity index is 1190. The number of rotatable bonds is 7. The van der Waals surface area contributed by atoms with Gasteiger partial charge in [0.25, 0.3) is 5.91 Å². The average Bonchev–Trinajstić information content (AvgIpc) is 3.35. The van der Waals surface area contributed by atoms with Gasteiger partial charge in [-0.25, -0.2) is 4.68 Å². The molecule has 1 fully saturated rings. The highest BCUT2D eigenvalue weighted by Gasteiger charge is 2.39. The maximum absolute atomic E-state index is 13.5. The van der Waals surface area contributed by atoms with E-state index >= 15 is 0 Å². The molecule has 7 nitrogen and oxygen atoms in total. The molecule has 1 aliphatic heterocycles. The average molecular weight is 501 g/mol. The molecular weight excluding hydrogens is 473 g/mol. The van der Waals surface area contributed by atoms with E-state index < -0.39 is 28.9 Å². The van der Waals surface area contributed by atoms with Crippen molar-refractivity contribution in [3.8, 4) is 5.69 Å². The van der Waals surface area contributed by atoms with Crippen molar-refractivity contribution in [1.29, 1.82) is 0 Å². The predicted octanol–water partition coefficient (Wildman–Crippen LogP) is 3.91. The molecule has 1 saturated heterocycles. The van der Waals surface area contributed by atoms with Gasteiger partial charge in [-0.1, -0.05) is 48.5 Å². The molecule has 3 aromatic rings. The normalized spacial score (nSPS) is 15.5. The quantitative estimate of drug-likeness (QED) is 0.482. The number of carbonyl (C=O) groups excluding carboxylic acids is 2. The predicted molar refractivity (Wildman–Crippen MR) is 126 cm³/mol. The van der Waals surface area contributed by atoms with Crippen molar-refractivity contribution in [2.45, 2.75) is 37.5 Å². The zero-order chi connectivity index (χ0) is 25.8. The number of alkyl halides is 3. The molecule has 10 heteroatoms. The number of benzene rings is 2.